The van der Waals surface area contributed by atoms with E-state index in [0.717, 1.165) is 38.8 Å². The molecule has 0 aromatic carbocycles. The predicted octanol–water partition coefficient (Wildman–Crippen LogP) is 2.42. The number of hydrogen-bond donors (Lipinski definition) is 2. The zero-order valence-electron chi connectivity index (χ0n) is 14.1. The molecule has 122 valence electrons. The van der Waals surface area contributed by atoms with Crippen molar-refractivity contribution >= 4 is 5.91 Å². The molecule has 4 heteroatoms. The number of nitrogens with one attached hydrogen (secondary N) is 1. The number of likely N-dealkylation sites (tertiary alicyclic amines) is 1. The van der Waals surface area contributed by atoms with E-state index in [9.17, 15) is 4.79 Å². The van der Waals surface area contributed by atoms with Crippen LogP contribution in [0.25, 0.3) is 0 Å². The van der Waals surface area contributed by atoms with Gasteiger partial charge in [-0.15, -0.1) is 0 Å². The standard InChI is InChI=1S/C17H33N3O/c1-16(2,3)20-11-7-14(8-12-20)19-15(21)13-17(18)9-5-4-6-10-17/h14H,4-13,18H2,1-3H3,(H,19,21). The number of carbonyl (C=O) groups excluding carboxylic acids is 1. The molecule has 0 spiro atoms. The van der Waals surface area contributed by atoms with Gasteiger partial charge >= 0.3 is 0 Å². The van der Waals surface area contributed by atoms with Crippen molar-refractivity contribution in [2.45, 2.75) is 89.3 Å². The highest BCUT2D eigenvalue weighted by molar-refractivity contribution is 5.77. The maximum Gasteiger partial charge on any atom is 0.222 e. The molecule has 2 rings (SSSR count). The van der Waals surface area contributed by atoms with E-state index in [1.807, 2.05) is 0 Å². The Balaban J connectivity index is 1.74. The van der Waals surface area contributed by atoms with Crippen LogP contribution in [-0.4, -0.2) is 41.0 Å². The summed E-state index contributed by atoms with van der Waals surface area (Å²) in [6.07, 6.45) is 8.24. The second kappa shape index (κ2) is 6.66. The molecule has 2 fully saturated rings. The molecule has 0 atom stereocenters. The number of hydrogen-bond acceptors (Lipinski definition) is 3. The highest BCUT2D eigenvalue weighted by Crippen LogP contribution is 2.28. The van der Waals surface area contributed by atoms with E-state index in [1.165, 1.54) is 19.3 Å². The first kappa shape index (κ1) is 16.8. The van der Waals surface area contributed by atoms with Crippen molar-refractivity contribution in [3.8, 4) is 0 Å². The molecule has 0 unspecified atom stereocenters. The second-order valence-corrected chi connectivity index (χ2v) is 8.10. The summed E-state index contributed by atoms with van der Waals surface area (Å²) in [5.74, 6) is 0.161. The summed E-state index contributed by atoms with van der Waals surface area (Å²) >= 11 is 0. The Morgan fingerprint density at radius 1 is 1.19 bits per heavy atom. The molecule has 1 saturated carbocycles. The summed E-state index contributed by atoms with van der Waals surface area (Å²) in [7, 11) is 0. The van der Waals surface area contributed by atoms with Gasteiger partial charge in [0.1, 0.15) is 0 Å². The molecule has 1 saturated heterocycles. The van der Waals surface area contributed by atoms with Gasteiger partial charge < -0.3 is 11.1 Å². The minimum Gasteiger partial charge on any atom is -0.353 e. The van der Waals surface area contributed by atoms with Crippen molar-refractivity contribution in [3.05, 3.63) is 0 Å². The average molecular weight is 295 g/mol. The molecule has 0 radical (unpaired) electrons. The van der Waals surface area contributed by atoms with Crippen LogP contribution in [-0.2, 0) is 4.79 Å². The van der Waals surface area contributed by atoms with Crippen LogP contribution >= 0.6 is 0 Å². The summed E-state index contributed by atoms with van der Waals surface area (Å²) in [5, 5.41) is 3.22. The lowest BCUT2D eigenvalue weighted by atomic mass is 9.80. The quantitative estimate of drug-likeness (QED) is 0.840. The Morgan fingerprint density at radius 3 is 2.29 bits per heavy atom. The van der Waals surface area contributed by atoms with Crippen LogP contribution in [0.4, 0.5) is 0 Å². The molecule has 0 aromatic rings. The first-order valence-electron chi connectivity index (χ1n) is 8.62. The van der Waals surface area contributed by atoms with Gasteiger partial charge in [-0.1, -0.05) is 19.3 Å². The highest BCUT2D eigenvalue weighted by Gasteiger charge is 2.32. The van der Waals surface area contributed by atoms with Crippen LogP contribution < -0.4 is 11.1 Å². The van der Waals surface area contributed by atoms with Crippen molar-refractivity contribution in [2.24, 2.45) is 5.73 Å². The van der Waals surface area contributed by atoms with Gasteiger partial charge in [0.05, 0.1) is 0 Å². The Bertz CT molecular complexity index is 348. The van der Waals surface area contributed by atoms with E-state index in [2.05, 4.69) is 31.0 Å². The van der Waals surface area contributed by atoms with Crippen molar-refractivity contribution in [2.75, 3.05) is 13.1 Å². The van der Waals surface area contributed by atoms with E-state index in [4.69, 9.17) is 5.73 Å². The zero-order chi connectivity index (χ0) is 15.5. The van der Waals surface area contributed by atoms with Crippen molar-refractivity contribution in [1.29, 1.82) is 0 Å². The van der Waals surface area contributed by atoms with Crippen molar-refractivity contribution in [3.63, 3.8) is 0 Å². The van der Waals surface area contributed by atoms with Gasteiger partial charge in [-0.05, 0) is 46.5 Å². The van der Waals surface area contributed by atoms with Crippen LogP contribution in [0.2, 0.25) is 0 Å². The Morgan fingerprint density at radius 2 is 1.76 bits per heavy atom. The minimum absolute atomic E-state index is 0.161. The summed E-state index contributed by atoms with van der Waals surface area (Å²) in [4.78, 5) is 14.8. The molecule has 1 aliphatic heterocycles. The van der Waals surface area contributed by atoms with Crippen LogP contribution in [0.15, 0.2) is 0 Å². The number of piperidine rings is 1. The molecule has 2 aliphatic rings. The molecule has 1 amide bonds. The van der Waals surface area contributed by atoms with Crippen molar-refractivity contribution < 1.29 is 4.79 Å². The zero-order valence-corrected chi connectivity index (χ0v) is 14.1. The van der Waals surface area contributed by atoms with Gasteiger partial charge in [0.2, 0.25) is 5.91 Å². The maximum absolute atomic E-state index is 12.3. The largest absolute Gasteiger partial charge is 0.353 e. The number of amides is 1. The number of nitrogens with zero attached hydrogens (tertiary/aromatic N) is 1. The molecular formula is C17H33N3O. The third kappa shape index (κ3) is 4.96. The van der Waals surface area contributed by atoms with Gasteiger partial charge in [-0.25, -0.2) is 0 Å². The smallest absolute Gasteiger partial charge is 0.222 e. The van der Waals surface area contributed by atoms with Crippen LogP contribution in [0, 0.1) is 0 Å². The lowest BCUT2D eigenvalue weighted by Gasteiger charge is -2.41. The van der Waals surface area contributed by atoms with E-state index in [-0.39, 0.29) is 17.0 Å². The first-order valence-corrected chi connectivity index (χ1v) is 8.62. The molecule has 1 heterocycles. The highest BCUT2D eigenvalue weighted by atomic mass is 16.1. The summed E-state index contributed by atoms with van der Waals surface area (Å²) in [6.45, 7) is 8.91. The van der Waals surface area contributed by atoms with E-state index in [1.54, 1.807) is 0 Å². The molecule has 4 nitrogen and oxygen atoms in total. The van der Waals surface area contributed by atoms with Gasteiger partial charge in [-0.2, -0.15) is 0 Å². The molecule has 1 aliphatic carbocycles. The van der Waals surface area contributed by atoms with E-state index >= 15 is 0 Å². The number of carbonyl (C=O) groups is 1. The fourth-order valence-electron chi connectivity index (χ4n) is 3.73. The molecule has 3 N–H and O–H groups in total. The van der Waals surface area contributed by atoms with Gasteiger partial charge in [0, 0.05) is 36.6 Å². The lowest BCUT2D eigenvalue weighted by Crippen LogP contribution is -2.52. The second-order valence-electron chi connectivity index (χ2n) is 8.10. The normalized spacial score (nSPS) is 24.8. The lowest BCUT2D eigenvalue weighted by molar-refractivity contribution is -0.123. The molecule has 21 heavy (non-hydrogen) atoms. The fraction of sp³-hybridized carbons (Fsp3) is 0.941. The van der Waals surface area contributed by atoms with E-state index in [0.29, 0.717) is 12.5 Å². The maximum atomic E-state index is 12.3. The molecule has 0 aromatic heterocycles. The molecular weight excluding hydrogens is 262 g/mol. The number of nitrogens with two attached hydrogens (primary N) is 1. The van der Waals surface area contributed by atoms with E-state index < -0.39 is 0 Å². The Labute approximate surface area is 129 Å². The van der Waals surface area contributed by atoms with Gasteiger partial charge in [0.15, 0.2) is 0 Å². The predicted molar refractivity (Wildman–Crippen MR) is 87.1 cm³/mol. The summed E-state index contributed by atoms with van der Waals surface area (Å²) in [6, 6.07) is 0.336. The third-order valence-electron chi connectivity index (χ3n) is 5.17. The van der Waals surface area contributed by atoms with Gasteiger partial charge in [0.25, 0.3) is 0 Å². The first-order chi connectivity index (χ1) is 9.78. The minimum atomic E-state index is -0.242. The Hall–Kier alpha value is -0.610. The van der Waals surface area contributed by atoms with Crippen LogP contribution in [0.3, 0.4) is 0 Å². The monoisotopic (exact) mass is 295 g/mol. The summed E-state index contributed by atoms with van der Waals surface area (Å²) in [5.41, 5.74) is 6.37. The summed E-state index contributed by atoms with van der Waals surface area (Å²) < 4.78 is 0. The van der Waals surface area contributed by atoms with Gasteiger partial charge in [-0.3, -0.25) is 9.69 Å². The third-order valence-corrected chi connectivity index (χ3v) is 5.17. The fourth-order valence-corrected chi connectivity index (χ4v) is 3.73. The van der Waals surface area contributed by atoms with Crippen molar-refractivity contribution in [1.82, 2.24) is 10.2 Å². The van der Waals surface area contributed by atoms with Crippen LogP contribution in [0.1, 0.15) is 72.1 Å². The topological polar surface area (TPSA) is 58.4 Å². The molecule has 0 bridgehead atoms. The average Bonchev–Trinajstić information content (AvgIpc) is 2.38. The van der Waals surface area contributed by atoms with Crippen LogP contribution in [0.5, 0.6) is 0 Å². The SMILES string of the molecule is CC(C)(C)N1CCC(NC(=O)CC2(N)CCCCC2)CC1. The Kier molecular flexibility index (Phi) is 5.31. The number of rotatable bonds is 3.